The van der Waals surface area contributed by atoms with E-state index in [9.17, 15) is 8.78 Å². The summed E-state index contributed by atoms with van der Waals surface area (Å²) in [6, 6.07) is 0. The standard InChI is InChI=1S/C10H20F2N2/c1-13-6-3-8-14-7-2-4-10(11,12)5-9-14/h13H,2-9H2,1H3. The molecule has 1 heterocycles. The van der Waals surface area contributed by atoms with Gasteiger partial charge in [-0.3, -0.25) is 0 Å². The van der Waals surface area contributed by atoms with Gasteiger partial charge in [0, 0.05) is 19.4 Å². The van der Waals surface area contributed by atoms with Gasteiger partial charge in [-0.1, -0.05) is 0 Å². The van der Waals surface area contributed by atoms with E-state index in [4.69, 9.17) is 0 Å². The lowest BCUT2D eigenvalue weighted by molar-refractivity contribution is -0.0130. The summed E-state index contributed by atoms with van der Waals surface area (Å²) in [5.74, 6) is -2.42. The highest BCUT2D eigenvalue weighted by molar-refractivity contribution is 4.74. The predicted octanol–water partition coefficient (Wildman–Crippen LogP) is 1.72. The topological polar surface area (TPSA) is 15.3 Å². The highest BCUT2D eigenvalue weighted by Crippen LogP contribution is 2.27. The van der Waals surface area contributed by atoms with E-state index < -0.39 is 5.92 Å². The van der Waals surface area contributed by atoms with E-state index in [2.05, 4.69) is 10.2 Å². The zero-order valence-electron chi connectivity index (χ0n) is 8.86. The molecule has 1 aliphatic rings. The molecule has 0 aliphatic carbocycles. The zero-order valence-corrected chi connectivity index (χ0v) is 8.86. The van der Waals surface area contributed by atoms with Gasteiger partial charge in [-0.05, 0) is 39.5 Å². The van der Waals surface area contributed by atoms with Crippen LogP contribution >= 0.6 is 0 Å². The molecule has 0 unspecified atom stereocenters. The zero-order chi connectivity index (χ0) is 10.4. The molecule has 14 heavy (non-hydrogen) atoms. The Kier molecular flexibility index (Phi) is 4.75. The molecule has 0 saturated carbocycles. The molecule has 0 atom stereocenters. The first-order valence-corrected chi connectivity index (χ1v) is 5.39. The normalized spacial score (nSPS) is 23.4. The van der Waals surface area contributed by atoms with Gasteiger partial charge in [0.25, 0.3) is 0 Å². The lowest BCUT2D eigenvalue weighted by atomic mass is 10.1. The fourth-order valence-electron chi connectivity index (χ4n) is 1.82. The Morgan fingerprint density at radius 3 is 2.79 bits per heavy atom. The second kappa shape index (κ2) is 5.61. The molecule has 1 rings (SSSR count). The fourth-order valence-corrected chi connectivity index (χ4v) is 1.82. The summed E-state index contributed by atoms with van der Waals surface area (Å²) in [5.41, 5.74) is 0. The van der Waals surface area contributed by atoms with Crippen LogP contribution in [0.4, 0.5) is 8.78 Å². The summed E-state index contributed by atoms with van der Waals surface area (Å²) in [4.78, 5) is 2.15. The molecular formula is C10H20F2N2. The number of nitrogens with zero attached hydrogens (tertiary/aromatic N) is 1. The minimum Gasteiger partial charge on any atom is -0.320 e. The maximum atomic E-state index is 13.0. The Balaban J connectivity index is 2.21. The molecule has 2 nitrogen and oxygen atoms in total. The average molecular weight is 206 g/mol. The van der Waals surface area contributed by atoms with Crippen molar-refractivity contribution in [3.8, 4) is 0 Å². The van der Waals surface area contributed by atoms with Crippen LogP contribution in [-0.4, -0.2) is 44.0 Å². The summed E-state index contributed by atoms with van der Waals surface area (Å²) >= 11 is 0. The van der Waals surface area contributed by atoms with Gasteiger partial charge in [-0.25, -0.2) is 8.78 Å². The van der Waals surface area contributed by atoms with Crippen molar-refractivity contribution in [2.45, 2.75) is 31.6 Å². The summed E-state index contributed by atoms with van der Waals surface area (Å²) in [6.07, 6.45) is 1.77. The Hall–Kier alpha value is -0.220. The molecule has 0 amide bonds. The third-order valence-corrected chi connectivity index (χ3v) is 2.71. The fraction of sp³-hybridized carbons (Fsp3) is 1.00. The number of rotatable bonds is 4. The van der Waals surface area contributed by atoms with Gasteiger partial charge in [-0.15, -0.1) is 0 Å². The Labute approximate surface area is 84.7 Å². The summed E-state index contributed by atoms with van der Waals surface area (Å²) < 4.78 is 26.0. The van der Waals surface area contributed by atoms with Gasteiger partial charge in [0.15, 0.2) is 0 Å². The SMILES string of the molecule is CNCCCN1CCCC(F)(F)CC1. The molecule has 84 valence electrons. The van der Waals surface area contributed by atoms with E-state index >= 15 is 0 Å². The van der Waals surface area contributed by atoms with Gasteiger partial charge in [0.1, 0.15) is 0 Å². The largest absolute Gasteiger partial charge is 0.320 e. The Morgan fingerprint density at radius 1 is 1.29 bits per heavy atom. The minimum absolute atomic E-state index is 0.0343. The summed E-state index contributed by atoms with van der Waals surface area (Å²) in [7, 11) is 1.91. The predicted molar refractivity (Wildman–Crippen MR) is 53.8 cm³/mol. The van der Waals surface area contributed by atoms with Crippen molar-refractivity contribution in [3.05, 3.63) is 0 Å². The minimum atomic E-state index is -2.42. The maximum Gasteiger partial charge on any atom is 0.249 e. The van der Waals surface area contributed by atoms with Crippen LogP contribution in [0.2, 0.25) is 0 Å². The first-order valence-electron chi connectivity index (χ1n) is 5.39. The van der Waals surface area contributed by atoms with E-state index in [1.165, 1.54) is 0 Å². The van der Waals surface area contributed by atoms with Crippen molar-refractivity contribution in [1.82, 2.24) is 10.2 Å². The first kappa shape index (κ1) is 11.9. The van der Waals surface area contributed by atoms with E-state index in [0.717, 1.165) is 26.1 Å². The van der Waals surface area contributed by atoms with Gasteiger partial charge in [0.05, 0.1) is 0 Å². The van der Waals surface area contributed by atoms with E-state index in [-0.39, 0.29) is 12.8 Å². The first-order chi connectivity index (χ1) is 6.64. The van der Waals surface area contributed by atoms with Crippen LogP contribution in [0.15, 0.2) is 0 Å². The lowest BCUT2D eigenvalue weighted by Crippen LogP contribution is -2.28. The molecule has 1 fully saturated rings. The van der Waals surface area contributed by atoms with Gasteiger partial charge < -0.3 is 10.2 Å². The molecule has 0 aromatic carbocycles. The summed E-state index contributed by atoms with van der Waals surface area (Å²) in [5, 5.41) is 3.06. The molecule has 1 aliphatic heterocycles. The van der Waals surface area contributed by atoms with Gasteiger partial charge in [-0.2, -0.15) is 0 Å². The van der Waals surface area contributed by atoms with Crippen LogP contribution in [0.1, 0.15) is 25.7 Å². The number of halogens is 2. The Morgan fingerprint density at radius 2 is 2.07 bits per heavy atom. The van der Waals surface area contributed by atoms with Crippen LogP contribution in [0, 0.1) is 0 Å². The second-order valence-corrected chi connectivity index (χ2v) is 4.01. The molecule has 0 aromatic rings. The number of hydrogen-bond donors (Lipinski definition) is 1. The van der Waals surface area contributed by atoms with Crippen molar-refractivity contribution in [2.24, 2.45) is 0 Å². The van der Waals surface area contributed by atoms with Crippen molar-refractivity contribution >= 4 is 0 Å². The van der Waals surface area contributed by atoms with Crippen molar-refractivity contribution < 1.29 is 8.78 Å². The molecule has 0 spiro atoms. The quantitative estimate of drug-likeness (QED) is 0.704. The highest BCUT2D eigenvalue weighted by atomic mass is 19.3. The van der Waals surface area contributed by atoms with Crippen LogP contribution in [-0.2, 0) is 0 Å². The maximum absolute atomic E-state index is 13.0. The number of likely N-dealkylation sites (tertiary alicyclic amines) is 1. The van der Waals surface area contributed by atoms with Crippen LogP contribution in [0.3, 0.4) is 0 Å². The number of nitrogens with one attached hydrogen (secondary N) is 1. The molecule has 4 heteroatoms. The number of alkyl halides is 2. The third-order valence-electron chi connectivity index (χ3n) is 2.71. The molecule has 1 N–H and O–H groups in total. The van der Waals surface area contributed by atoms with Crippen molar-refractivity contribution in [3.63, 3.8) is 0 Å². The van der Waals surface area contributed by atoms with E-state index in [1.807, 2.05) is 7.05 Å². The summed E-state index contributed by atoms with van der Waals surface area (Å²) in [6.45, 7) is 3.29. The van der Waals surface area contributed by atoms with E-state index in [0.29, 0.717) is 13.0 Å². The Bertz CT molecular complexity index is 162. The highest BCUT2D eigenvalue weighted by Gasteiger charge is 2.31. The molecule has 0 bridgehead atoms. The second-order valence-electron chi connectivity index (χ2n) is 4.01. The van der Waals surface area contributed by atoms with Crippen LogP contribution < -0.4 is 5.32 Å². The van der Waals surface area contributed by atoms with Crippen molar-refractivity contribution in [1.29, 1.82) is 0 Å². The van der Waals surface area contributed by atoms with Gasteiger partial charge >= 0.3 is 0 Å². The smallest absolute Gasteiger partial charge is 0.249 e. The molecule has 0 radical (unpaired) electrons. The van der Waals surface area contributed by atoms with Gasteiger partial charge in [0.2, 0.25) is 5.92 Å². The molecule has 0 aromatic heterocycles. The van der Waals surface area contributed by atoms with E-state index in [1.54, 1.807) is 0 Å². The third kappa shape index (κ3) is 4.33. The average Bonchev–Trinajstić information content (AvgIpc) is 2.28. The van der Waals surface area contributed by atoms with Crippen LogP contribution in [0.25, 0.3) is 0 Å². The number of hydrogen-bond acceptors (Lipinski definition) is 2. The molecular weight excluding hydrogens is 186 g/mol. The lowest BCUT2D eigenvalue weighted by Gasteiger charge is -2.19. The van der Waals surface area contributed by atoms with Crippen LogP contribution in [0.5, 0.6) is 0 Å². The molecule has 1 saturated heterocycles. The monoisotopic (exact) mass is 206 g/mol. The van der Waals surface area contributed by atoms with Crippen molar-refractivity contribution in [2.75, 3.05) is 33.2 Å².